The Hall–Kier alpha value is -1.43. The summed E-state index contributed by atoms with van der Waals surface area (Å²) in [6, 6.07) is 8.61. The Balaban J connectivity index is 2.15. The van der Waals surface area contributed by atoms with Gasteiger partial charge >= 0.3 is 0 Å². The van der Waals surface area contributed by atoms with Gasteiger partial charge < -0.3 is 5.32 Å². The Kier molecular flexibility index (Phi) is 4.52. The zero-order valence-electron chi connectivity index (χ0n) is 10.3. The minimum absolute atomic E-state index is 0.110. The van der Waals surface area contributed by atoms with Gasteiger partial charge in [0.25, 0.3) is 5.69 Å². The smallest absolute Gasteiger partial charge is 0.269 e. The third-order valence-electron chi connectivity index (χ3n) is 2.90. The minimum Gasteiger partial charge on any atom is -0.312 e. The Morgan fingerprint density at radius 2 is 2.05 bits per heavy atom. The Morgan fingerprint density at radius 3 is 2.53 bits per heavy atom. The maximum Gasteiger partial charge on any atom is 0.269 e. The van der Waals surface area contributed by atoms with E-state index in [0.717, 1.165) is 21.9 Å². The van der Waals surface area contributed by atoms with Crippen LogP contribution in [0.3, 0.4) is 0 Å². The maximum absolute atomic E-state index is 10.6. The number of nitrogens with one attached hydrogen (secondary N) is 1. The lowest BCUT2D eigenvalue weighted by Gasteiger charge is -2.15. The average molecular weight is 297 g/mol. The van der Waals surface area contributed by atoms with Crippen molar-refractivity contribution in [2.45, 2.75) is 12.5 Å². The number of nitrogens with zero attached hydrogens (tertiary/aromatic N) is 1. The molecular weight excluding hydrogens is 284 g/mol. The van der Waals surface area contributed by atoms with Crippen molar-refractivity contribution in [2.24, 2.45) is 0 Å². The molecule has 0 fully saturated rings. The molecule has 1 aromatic heterocycles. The van der Waals surface area contributed by atoms with Gasteiger partial charge in [-0.25, -0.2) is 0 Å². The van der Waals surface area contributed by atoms with E-state index in [2.05, 4.69) is 5.32 Å². The van der Waals surface area contributed by atoms with Crippen molar-refractivity contribution in [3.05, 3.63) is 61.3 Å². The molecule has 2 rings (SSSR count). The summed E-state index contributed by atoms with van der Waals surface area (Å²) in [6.07, 6.45) is 0.745. The van der Waals surface area contributed by atoms with Crippen LogP contribution in [0.2, 0.25) is 5.02 Å². The largest absolute Gasteiger partial charge is 0.312 e. The molecule has 6 heteroatoms. The third-order valence-corrected chi connectivity index (χ3v) is 4.37. The van der Waals surface area contributed by atoms with Gasteiger partial charge in [-0.15, -0.1) is 11.3 Å². The van der Waals surface area contributed by atoms with Crippen LogP contribution in [0.25, 0.3) is 0 Å². The van der Waals surface area contributed by atoms with Crippen molar-refractivity contribution in [1.29, 1.82) is 0 Å². The summed E-state index contributed by atoms with van der Waals surface area (Å²) < 4.78 is 0. The summed E-state index contributed by atoms with van der Waals surface area (Å²) in [5.41, 5.74) is 1.15. The number of nitro groups is 1. The molecule has 100 valence electrons. The van der Waals surface area contributed by atoms with Crippen molar-refractivity contribution in [2.75, 3.05) is 7.05 Å². The molecule has 1 N–H and O–H groups in total. The van der Waals surface area contributed by atoms with E-state index in [4.69, 9.17) is 11.6 Å². The first-order valence-corrected chi connectivity index (χ1v) is 7.01. The highest BCUT2D eigenvalue weighted by atomic mass is 35.5. The highest BCUT2D eigenvalue weighted by Gasteiger charge is 2.15. The van der Waals surface area contributed by atoms with Crippen LogP contribution in [0.1, 0.15) is 16.5 Å². The highest BCUT2D eigenvalue weighted by molar-refractivity contribution is 7.10. The van der Waals surface area contributed by atoms with E-state index in [0.29, 0.717) is 0 Å². The summed E-state index contributed by atoms with van der Waals surface area (Å²) in [6.45, 7) is 0. The summed E-state index contributed by atoms with van der Waals surface area (Å²) in [4.78, 5) is 11.3. The van der Waals surface area contributed by atoms with Crippen molar-refractivity contribution in [3.63, 3.8) is 0 Å². The predicted molar refractivity (Wildman–Crippen MR) is 77.9 cm³/mol. The van der Waals surface area contributed by atoms with Gasteiger partial charge in [0, 0.05) is 23.1 Å². The second-order valence-corrected chi connectivity index (χ2v) is 5.46. The topological polar surface area (TPSA) is 55.2 Å². The SMILES string of the molecule is CNC(Cc1ccc([N+](=O)[O-])cc1)c1sccc1Cl. The van der Waals surface area contributed by atoms with Gasteiger partial charge in [0.15, 0.2) is 0 Å². The lowest BCUT2D eigenvalue weighted by Crippen LogP contribution is -2.18. The van der Waals surface area contributed by atoms with E-state index < -0.39 is 4.92 Å². The summed E-state index contributed by atoms with van der Waals surface area (Å²) in [5, 5.41) is 16.5. The first kappa shape index (κ1) is 14.0. The summed E-state index contributed by atoms with van der Waals surface area (Å²) >= 11 is 7.73. The number of nitro benzene ring substituents is 1. The Labute approximate surface area is 120 Å². The van der Waals surface area contributed by atoms with E-state index in [1.165, 1.54) is 12.1 Å². The van der Waals surface area contributed by atoms with E-state index in [1.54, 1.807) is 23.5 Å². The van der Waals surface area contributed by atoms with Gasteiger partial charge in [-0.2, -0.15) is 0 Å². The molecule has 19 heavy (non-hydrogen) atoms. The molecule has 0 bridgehead atoms. The van der Waals surface area contributed by atoms with Crippen LogP contribution in [-0.4, -0.2) is 12.0 Å². The number of benzene rings is 1. The molecule has 0 aliphatic heterocycles. The molecule has 0 saturated heterocycles. The van der Waals surface area contributed by atoms with Gasteiger partial charge in [0.1, 0.15) is 0 Å². The van der Waals surface area contributed by atoms with Crippen molar-refractivity contribution in [3.8, 4) is 0 Å². The monoisotopic (exact) mass is 296 g/mol. The molecule has 1 unspecified atom stereocenters. The number of hydrogen-bond donors (Lipinski definition) is 1. The van der Waals surface area contributed by atoms with Crippen LogP contribution in [0.15, 0.2) is 35.7 Å². The van der Waals surface area contributed by atoms with Crippen LogP contribution in [0, 0.1) is 10.1 Å². The average Bonchev–Trinajstić information content (AvgIpc) is 2.83. The molecule has 0 radical (unpaired) electrons. The van der Waals surface area contributed by atoms with Crippen molar-refractivity contribution >= 4 is 28.6 Å². The van der Waals surface area contributed by atoms with Crippen molar-refractivity contribution < 1.29 is 4.92 Å². The van der Waals surface area contributed by atoms with Crippen LogP contribution in [0.5, 0.6) is 0 Å². The molecule has 2 aromatic rings. The normalized spacial score (nSPS) is 12.3. The molecular formula is C13H13ClN2O2S. The van der Waals surface area contributed by atoms with E-state index >= 15 is 0 Å². The minimum atomic E-state index is -0.393. The van der Waals surface area contributed by atoms with E-state index in [9.17, 15) is 10.1 Å². The van der Waals surface area contributed by atoms with Crippen LogP contribution in [0.4, 0.5) is 5.69 Å². The molecule has 0 aliphatic carbocycles. The molecule has 0 saturated carbocycles. The molecule has 0 aliphatic rings. The molecule has 0 spiro atoms. The van der Waals surface area contributed by atoms with Gasteiger partial charge in [-0.1, -0.05) is 23.7 Å². The zero-order valence-corrected chi connectivity index (χ0v) is 11.9. The Morgan fingerprint density at radius 1 is 1.37 bits per heavy atom. The molecule has 1 aromatic carbocycles. The van der Waals surface area contributed by atoms with Crippen LogP contribution >= 0.6 is 22.9 Å². The quantitative estimate of drug-likeness (QED) is 0.674. The maximum atomic E-state index is 10.6. The summed E-state index contributed by atoms with van der Waals surface area (Å²) in [7, 11) is 1.88. The first-order chi connectivity index (χ1) is 9.11. The summed E-state index contributed by atoms with van der Waals surface area (Å²) in [5.74, 6) is 0. The number of rotatable bonds is 5. The lowest BCUT2D eigenvalue weighted by atomic mass is 10.0. The number of non-ortho nitro benzene ring substituents is 1. The molecule has 1 heterocycles. The Bertz CT molecular complexity index is 568. The van der Waals surface area contributed by atoms with Gasteiger partial charge in [-0.05, 0) is 30.5 Å². The fourth-order valence-corrected chi connectivity index (χ4v) is 3.17. The highest BCUT2D eigenvalue weighted by Crippen LogP contribution is 2.30. The number of thiophene rings is 1. The van der Waals surface area contributed by atoms with E-state index in [-0.39, 0.29) is 11.7 Å². The van der Waals surface area contributed by atoms with Crippen molar-refractivity contribution in [1.82, 2.24) is 5.32 Å². The molecule has 0 amide bonds. The van der Waals surface area contributed by atoms with Crippen LogP contribution < -0.4 is 5.32 Å². The number of likely N-dealkylation sites (N-methyl/N-ethyl adjacent to an activating group) is 1. The second-order valence-electron chi connectivity index (χ2n) is 4.10. The predicted octanol–water partition coefficient (Wildman–Crippen LogP) is 3.81. The van der Waals surface area contributed by atoms with Gasteiger partial charge in [-0.3, -0.25) is 10.1 Å². The van der Waals surface area contributed by atoms with E-state index in [1.807, 2.05) is 18.5 Å². The molecule has 1 atom stereocenters. The number of halogens is 1. The third kappa shape index (κ3) is 3.32. The fraction of sp³-hybridized carbons (Fsp3) is 0.231. The fourth-order valence-electron chi connectivity index (χ4n) is 1.87. The van der Waals surface area contributed by atoms with Gasteiger partial charge in [0.2, 0.25) is 0 Å². The zero-order chi connectivity index (χ0) is 13.8. The molecule has 4 nitrogen and oxygen atoms in total. The van der Waals surface area contributed by atoms with Crippen LogP contribution in [-0.2, 0) is 6.42 Å². The number of hydrogen-bond acceptors (Lipinski definition) is 4. The standard InChI is InChI=1S/C13H13ClN2O2S/c1-15-12(13-11(14)6-7-19-13)8-9-2-4-10(5-3-9)16(17)18/h2-7,12,15H,8H2,1H3. The first-order valence-electron chi connectivity index (χ1n) is 5.75. The van der Waals surface area contributed by atoms with Gasteiger partial charge in [0.05, 0.1) is 9.95 Å². The second kappa shape index (κ2) is 6.14. The lowest BCUT2D eigenvalue weighted by molar-refractivity contribution is -0.384.